The largest absolute Gasteiger partial charge is 0.469 e. The van der Waals surface area contributed by atoms with Gasteiger partial charge >= 0.3 is 11.9 Å². The molecule has 0 spiro atoms. The van der Waals surface area contributed by atoms with Crippen LogP contribution in [0.1, 0.15) is 106 Å². The molecule has 0 aromatic heterocycles. The van der Waals surface area contributed by atoms with E-state index in [1.807, 2.05) is 6.92 Å². The molecule has 15 heteroatoms. The van der Waals surface area contributed by atoms with Gasteiger partial charge in [-0.15, -0.1) is 0 Å². The molecule has 334 valence electrons. The van der Waals surface area contributed by atoms with Gasteiger partial charge in [0.05, 0.1) is 37.8 Å². The normalized spacial score (nSPS) is 51.7. The predicted octanol–water partition coefficient (Wildman–Crippen LogP) is 2.33. The van der Waals surface area contributed by atoms with Crippen LogP contribution in [-0.2, 0) is 42.8 Å². The highest BCUT2D eigenvalue weighted by Gasteiger charge is 2.70. The number of fused-ring (bicyclic) bond motifs is 7. The second kappa shape index (κ2) is 15.6. The van der Waals surface area contributed by atoms with E-state index in [9.17, 15) is 45.0 Å². The van der Waals surface area contributed by atoms with Gasteiger partial charge in [-0.3, -0.25) is 4.79 Å². The predicted molar refractivity (Wildman–Crippen MR) is 208 cm³/mol. The number of carbonyl (C=O) groups is 3. The summed E-state index contributed by atoms with van der Waals surface area (Å²) in [6.45, 7) is 12.9. The molecule has 7 aliphatic rings. The third kappa shape index (κ3) is 6.70. The highest BCUT2D eigenvalue weighted by molar-refractivity contribution is 5.78. The van der Waals surface area contributed by atoms with Crippen LogP contribution in [0, 0.1) is 50.2 Å². The lowest BCUT2D eigenvalue weighted by Crippen LogP contribution is -2.67. The minimum atomic E-state index is -1.87. The van der Waals surface area contributed by atoms with Crippen LogP contribution >= 0.6 is 0 Å². The Hall–Kier alpha value is -2.05. The summed E-state index contributed by atoms with van der Waals surface area (Å²) in [7, 11) is 2.61. The third-order valence-electron chi connectivity index (χ3n) is 17.6. The summed E-state index contributed by atoms with van der Waals surface area (Å²) >= 11 is 0. The summed E-state index contributed by atoms with van der Waals surface area (Å²) < 4.78 is 34.5. The van der Waals surface area contributed by atoms with Crippen molar-refractivity contribution in [3.63, 3.8) is 0 Å². The molecule has 2 saturated heterocycles. The number of rotatable bonds is 8. The molecule has 0 aromatic carbocycles. The van der Waals surface area contributed by atoms with E-state index in [0.29, 0.717) is 12.8 Å². The van der Waals surface area contributed by atoms with E-state index in [1.54, 1.807) is 0 Å². The Morgan fingerprint density at radius 2 is 1.47 bits per heavy atom. The maximum absolute atomic E-state index is 13.7. The van der Waals surface area contributed by atoms with Crippen LogP contribution in [0.25, 0.3) is 0 Å². The maximum Gasteiger partial charge on any atom is 0.337 e. The molecule has 6 fully saturated rings. The molecule has 6 N–H and O–H groups in total. The molecule has 0 unspecified atom stereocenters. The fourth-order valence-corrected chi connectivity index (χ4v) is 13.8. The average Bonchev–Trinajstić information content (AvgIpc) is 3.20. The van der Waals surface area contributed by atoms with Crippen molar-refractivity contribution in [2.45, 2.75) is 173 Å². The van der Waals surface area contributed by atoms with Crippen molar-refractivity contribution in [2.75, 3.05) is 20.8 Å². The van der Waals surface area contributed by atoms with Gasteiger partial charge in [0.25, 0.3) is 0 Å². The first kappa shape index (κ1) is 45.0. The van der Waals surface area contributed by atoms with E-state index in [2.05, 4.69) is 40.7 Å². The Kier molecular flexibility index (Phi) is 11.9. The van der Waals surface area contributed by atoms with Crippen LogP contribution in [0.3, 0.4) is 0 Å². The first-order valence-corrected chi connectivity index (χ1v) is 21.6. The summed E-state index contributed by atoms with van der Waals surface area (Å²) in [6.07, 6.45) is -6.63. The molecule has 5 aliphatic carbocycles. The van der Waals surface area contributed by atoms with Crippen molar-refractivity contribution in [3.05, 3.63) is 11.6 Å². The van der Waals surface area contributed by atoms with Crippen LogP contribution in [0.5, 0.6) is 0 Å². The molecule has 15 nitrogen and oxygen atoms in total. The van der Waals surface area contributed by atoms with Crippen molar-refractivity contribution < 1.29 is 73.4 Å². The van der Waals surface area contributed by atoms with Gasteiger partial charge in [-0.1, -0.05) is 53.2 Å². The van der Waals surface area contributed by atoms with Crippen LogP contribution < -0.4 is 0 Å². The molecule has 0 radical (unpaired) electrons. The van der Waals surface area contributed by atoms with Gasteiger partial charge in [0.15, 0.2) is 18.7 Å². The smallest absolute Gasteiger partial charge is 0.337 e. The minimum absolute atomic E-state index is 0.0910. The number of hydrogen-bond acceptors (Lipinski definition) is 15. The molecule has 2 aliphatic heterocycles. The Morgan fingerprint density at radius 3 is 2.12 bits per heavy atom. The molecule has 59 heavy (non-hydrogen) atoms. The Morgan fingerprint density at radius 1 is 0.780 bits per heavy atom. The van der Waals surface area contributed by atoms with E-state index in [0.717, 1.165) is 64.8 Å². The van der Waals surface area contributed by atoms with E-state index < -0.39 is 90.9 Å². The average molecular weight is 837 g/mol. The zero-order valence-electron chi connectivity index (χ0n) is 35.9. The summed E-state index contributed by atoms with van der Waals surface area (Å²) in [5.74, 6) is -0.916. The van der Waals surface area contributed by atoms with Gasteiger partial charge in [0, 0.05) is 0 Å². The van der Waals surface area contributed by atoms with E-state index in [-0.39, 0.29) is 45.4 Å². The Labute approximate surface area is 347 Å². The molecule has 2 heterocycles. The van der Waals surface area contributed by atoms with Crippen LogP contribution in [0.4, 0.5) is 0 Å². The van der Waals surface area contributed by atoms with Crippen LogP contribution in [-0.4, -0.2) is 137 Å². The standard InChI is InChI=1S/C44H68O15/c1-39(2)15-17-44(38(53)55-8)18-16-42(5)22(23(44)19-39)9-10-26-40(3)13-12-27(41(4,21-46)25(40)11-14-43(26,42)6)57-37-34(31(50)30(49)33(58-37)35(52)54-7)59-36-32(51)29(48)28(47)24(20-45)56-36/h9,21,23-34,36-37,45,47-51H,10-20H2,1-8H3/t23-,24+,25+,26+,27-,28-,29-,30-,31-,32+,33-,34+,36-,37+,40-,41-,42+,43+,44-/m0/s1. The van der Waals surface area contributed by atoms with Gasteiger partial charge in [-0.05, 0) is 104 Å². The number of hydrogen-bond donors (Lipinski definition) is 6. The monoisotopic (exact) mass is 836 g/mol. The summed E-state index contributed by atoms with van der Waals surface area (Å²) in [6, 6.07) is 0. The maximum atomic E-state index is 13.7. The highest BCUT2D eigenvalue weighted by atomic mass is 16.8. The molecule has 4 saturated carbocycles. The lowest BCUT2D eigenvalue weighted by atomic mass is 9.33. The van der Waals surface area contributed by atoms with Gasteiger partial charge in [-0.25, -0.2) is 4.79 Å². The Balaban J connectivity index is 1.19. The third-order valence-corrected chi connectivity index (χ3v) is 17.6. The first-order chi connectivity index (χ1) is 27.6. The SMILES string of the molecule is COC(=O)[C@H]1O[C@@H](O[C@H]2CC[C@]3(C)[C@H]4CC=C5[C@@H]6CC(C)(C)CC[C@]6(C(=O)OC)CC[C@@]5(C)[C@]4(C)CC[C@H]3[C@]2(C)C=O)[C@H](O[C@@H]2O[C@H](CO)[C@H](O)[C@H](O)[C@H]2O)[C@@H](O)[C@@H]1O. The van der Waals surface area contributed by atoms with E-state index in [4.69, 9.17) is 28.4 Å². The van der Waals surface area contributed by atoms with Crippen molar-refractivity contribution in [1.82, 2.24) is 0 Å². The first-order valence-electron chi connectivity index (χ1n) is 21.6. The van der Waals surface area contributed by atoms with Crippen molar-refractivity contribution >= 4 is 18.2 Å². The number of esters is 2. The number of aliphatic hydroxyl groups excluding tert-OH is 6. The molecular formula is C44H68O15. The number of aldehydes is 1. The topological polar surface area (TPSA) is 228 Å². The second-order valence-electron chi connectivity index (χ2n) is 20.7. The number of carbonyl (C=O) groups excluding carboxylic acids is 3. The minimum Gasteiger partial charge on any atom is -0.469 e. The molecular weight excluding hydrogens is 768 g/mol. The summed E-state index contributed by atoms with van der Waals surface area (Å²) in [5, 5.41) is 63.8. The van der Waals surface area contributed by atoms with Gasteiger partial charge in [0.1, 0.15) is 49.0 Å². The fourth-order valence-electron chi connectivity index (χ4n) is 13.8. The van der Waals surface area contributed by atoms with Crippen molar-refractivity contribution in [3.8, 4) is 0 Å². The Bertz CT molecular complexity index is 1650. The second-order valence-corrected chi connectivity index (χ2v) is 20.7. The van der Waals surface area contributed by atoms with Gasteiger partial charge < -0.3 is 63.9 Å². The molecule has 0 aromatic rings. The lowest BCUT2D eigenvalue weighted by molar-refractivity contribution is -0.373. The summed E-state index contributed by atoms with van der Waals surface area (Å²) in [4.78, 5) is 40.1. The number of ether oxygens (including phenoxy) is 6. The number of methoxy groups -OCH3 is 2. The van der Waals surface area contributed by atoms with Gasteiger partial charge in [0.2, 0.25) is 0 Å². The quantitative estimate of drug-likeness (QED) is 0.0893. The zero-order chi connectivity index (χ0) is 43.2. The van der Waals surface area contributed by atoms with Crippen molar-refractivity contribution in [1.29, 1.82) is 0 Å². The van der Waals surface area contributed by atoms with Crippen molar-refractivity contribution in [2.24, 2.45) is 50.2 Å². The lowest BCUT2D eigenvalue weighted by Gasteiger charge is -2.71. The molecule has 7 rings (SSSR count). The molecule has 0 bridgehead atoms. The molecule has 0 amide bonds. The number of aliphatic hydroxyl groups is 6. The van der Waals surface area contributed by atoms with E-state index in [1.165, 1.54) is 12.7 Å². The zero-order valence-corrected chi connectivity index (χ0v) is 35.9. The van der Waals surface area contributed by atoms with Gasteiger partial charge in [-0.2, -0.15) is 0 Å². The van der Waals surface area contributed by atoms with Crippen LogP contribution in [0.15, 0.2) is 11.6 Å². The highest BCUT2D eigenvalue weighted by Crippen LogP contribution is 2.76. The molecule has 19 atom stereocenters. The summed E-state index contributed by atoms with van der Waals surface area (Å²) in [5.41, 5.74) is -0.715. The fraction of sp³-hybridized carbons (Fsp3) is 0.886. The van der Waals surface area contributed by atoms with E-state index >= 15 is 0 Å². The van der Waals surface area contributed by atoms with Crippen LogP contribution in [0.2, 0.25) is 0 Å². The number of allylic oxidation sites excluding steroid dienone is 2.